The molecule has 0 spiro atoms. The van der Waals surface area contributed by atoms with Crippen LogP contribution in [-0.2, 0) is 31.8 Å². The minimum Gasteiger partial charge on any atom is -0.490 e. The molecule has 17 heteroatoms. The number of fused-ring (bicyclic) bond motifs is 1. The maximum Gasteiger partial charge on any atom is 0.280 e. The molecule has 0 aliphatic carbocycles. The molecule has 1 aromatic carbocycles. The van der Waals surface area contributed by atoms with Gasteiger partial charge < -0.3 is 28.6 Å². The number of sulfonamides is 2. The number of likely N-dealkylation sites (N-methyl/N-ethyl adjacent to an activating group) is 1. The molecule has 0 saturated carbocycles. The van der Waals surface area contributed by atoms with Crippen molar-refractivity contribution in [3.8, 4) is 5.75 Å². The molecule has 1 aliphatic heterocycles. The highest BCUT2D eigenvalue weighted by atomic mass is 32.2. The molecule has 2 N–H and O–H groups in total. The summed E-state index contributed by atoms with van der Waals surface area (Å²) in [5.41, 5.74) is 0.481. The smallest absolute Gasteiger partial charge is 0.280 e. The summed E-state index contributed by atoms with van der Waals surface area (Å²) >= 11 is 0. The minimum absolute atomic E-state index is 0.00400. The number of amides is 1. The molecule has 0 saturated heterocycles. The number of carbonyl (C=O) groups is 1. The van der Waals surface area contributed by atoms with Crippen LogP contribution in [0, 0.1) is 19.8 Å². The molecule has 0 radical (unpaired) electrons. The third kappa shape index (κ3) is 8.55. The van der Waals surface area contributed by atoms with Crippen molar-refractivity contribution in [1.82, 2.24) is 23.9 Å². The molecule has 4 rings (SSSR count). The fourth-order valence-electron chi connectivity index (χ4n) is 5.53. The van der Waals surface area contributed by atoms with Crippen molar-refractivity contribution in [2.45, 2.75) is 82.1 Å². The first kappa shape index (κ1) is 37.3. The van der Waals surface area contributed by atoms with Gasteiger partial charge in [0, 0.05) is 51.6 Å². The zero-order chi connectivity index (χ0) is 35.4. The van der Waals surface area contributed by atoms with Gasteiger partial charge in [-0.25, -0.2) is 13.4 Å². The molecule has 0 fully saturated rings. The van der Waals surface area contributed by atoms with Crippen molar-refractivity contribution < 1.29 is 40.7 Å². The highest BCUT2D eigenvalue weighted by molar-refractivity contribution is 7.92. The summed E-state index contributed by atoms with van der Waals surface area (Å²) in [4.78, 5) is 19.7. The largest absolute Gasteiger partial charge is 0.490 e. The van der Waals surface area contributed by atoms with E-state index in [2.05, 4.69) is 14.9 Å². The van der Waals surface area contributed by atoms with Crippen LogP contribution in [-0.4, -0.2) is 103 Å². The number of aromatic nitrogens is 3. The van der Waals surface area contributed by atoms with Gasteiger partial charge in [-0.05, 0) is 65.2 Å². The van der Waals surface area contributed by atoms with Gasteiger partial charge in [-0.15, -0.1) is 0 Å². The number of aliphatic hydroxyl groups is 1. The Kier molecular flexibility index (Phi) is 11.9. The molecular weight excluding hydrogens is 665 g/mol. The summed E-state index contributed by atoms with van der Waals surface area (Å²) in [5, 5.41) is 13.8. The molecule has 1 amide bonds. The molecule has 266 valence electrons. The second-order valence-corrected chi connectivity index (χ2v) is 16.0. The van der Waals surface area contributed by atoms with Crippen LogP contribution in [0.2, 0.25) is 0 Å². The fourth-order valence-corrected chi connectivity index (χ4v) is 8.03. The maximum absolute atomic E-state index is 14.3. The van der Waals surface area contributed by atoms with Crippen LogP contribution in [0.25, 0.3) is 0 Å². The van der Waals surface area contributed by atoms with E-state index in [4.69, 9.17) is 14.0 Å². The lowest BCUT2D eigenvalue weighted by Gasteiger charge is -2.35. The number of hydrogen-bond donors (Lipinski definition) is 2. The molecular formula is C31H46N6O9S2. The monoisotopic (exact) mass is 710 g/mol. The van der Waals surface area contributed by atoms with E-state index >= 15 is 0 Å². The number of hydrogen-bond acceptors (Lipinski definition) is 11. The Bertz CT molecular complexity index is 1770. The van der Waals surface area contributed by atoms with E-state index in [1.165, 1.54) is 45.5 Å². The number of aryl methyl sites for hydroxylation is 3. The predicted molar refractivity (Wildman–Crippen MR) is 177 cm³/mol. The molecule has 0 unspecified atom stereocenters. The van der Waals surface area contributed by atoms with Crippen LogP contribution >= 0.6 is 0 Å². The van der Waals surface area contributed by atoms with Gasteiger partial charge in [-0.2, -0.15) is 12.7 Å². The fraction of sp³-hybridized carbons (Fsp3) is 0.581. The Morgan fingerprint density at radius 3 is 2.52 bits per heavy atom. The molecule has 48 heavy (non-hydrogen) atoms. The van der Waals surface area contributed by atoms with Crippen LogP contribution in [0.3, 0.4) is 0 Å². The number of rotatable bonds is 9. The van der Waals surface area contributed by atoms with Gasteiger partial charge in [0.25, 0.3) is 15.9 Å². The van der Waals surface area contributed by atoms with Crippen LogP contribution in [0.5, 0.6) is 5.75 Å². The van der Waals surface area contributed by atoms with Crippen molar-refractivity contribution in [2.75, 3.05) is 38.1 Å². The van der Waals surface area contributed by atoms with E-state index in [1.807, 2.05) is 13.8 Å². The summed E-state index contributed by atoms with van der Waals surface area (Å²) in [6.07, 6.45) is 3.89. The molecule has 15 nitrogen and oxygen atoms in total. The van der Waals surface area contributed by atoms with Gasteiger partial charge in [-0.1, -0.05) is 12.1 Å². The summed E-state index contributed by atoms with van der Waals surface area (Å²) in [6.45, 7) is 8.61. The van der Waals surface area contributed by atoms with Gasteiger partial charge in [-0.3, -0.25) is 9.52 Å². The van der Waals surface area contributed by atoms with Crippen molar-refractivity contribution in [3.05, 3.63) is 47.7 Å². The standard InChI is InChI=1S/C31H46N6O9S2/c1-20-15-37(21(2)18-38)31(39)26-14-25(34-47(40,41)29-17-35(6)19-32-29)11-12-27(26)45-22(3)10-8-9-13-44-28(20)16-36(7)48(42,43)30-23(4)33-46-24(30)5/h11-12,14,17,19-22,28,34,38H,8-10,13,15-16,18H2,1-7H3/t20-,21+,22+,28+/m0/s1. The molecule has 4 atom stereocenters. The first-order valence-electron chi connectivity index (χ1n) is 15.8. The Hall–Kier alpha value is -3.51. The molecule has 3 aromatic rings. The topological polar surface area (TPSA) is 186 Å². The summed E-state index contributed by atoms with van der Waals surface area (Å²) in [6, 6.07) is 3.83. The summed E-state index contributed by atoms with van der Waals surface area (Å²) < 4.78 is 76.0. The van der Waals surface area contributed by atoms with Gasteiger partial charge in [0.1, 0.15) is 16.3 Å². The van der Waals surface area contributed by atoms with Gasteiger partial charge in [0.2, 0.25) is 10.0 Å². The van der Waals surface area contributed by atoms with E-state index < -0.39 is 44.0 Å². The third-order valence-electron chi connectivity index (χ3n) is 8.33. The van der Waals surface area contributed by atoms with Crippen molar-refractivity contribution >= 4 is 31.6 Å². The van der Waals surface area contributed by atoms with Gasteiger partial charge >= 0.3 is 0 Å². The summed E-state index contributed by atoms with van der Waals surface area (Å²) in [7, 11) is -4.92. The lowest BCUT2D eigenvalue weighted by molar-refractivity contribution is -0.00835. The van der Waals surface area contributed by atoms with E-state index in [-0.39, 0.29) is 64.2 Å². The molecule has 0 bridgehead atoms. The van der Waals surface area contributed by atoms with Crippen molar-refractivity contribution in [1.29, 1.82) is 0 Å². The normalized spacial score (nSPS) is 21.0. The zero-order valence-corrected chi connectivity index (χ0v) is 30.0. The maximum atomic E-state index is 14.3. The lowest BCUT2D eigenvalue weighted by atomic mass is 10.0. The second kappa shape index (κ2) is 15.4. The number of nitrogens with zero attached hydrogens (tertiary/aromatic N) is 5. The van der Waals surface area contributed by atoms with Gasteiger partial charge in [0.15, 0.2) is 10.8 Å². The molecule has 3 heterocycles. The Balaban J connectivity index is 1.68. The lowest BCUT2D eigenvalue weighted by Crippen LogP contribution is -2.48. The number of carbonyl (C=O) groups excluding carboxylic acids is 1. The highest BCUT2D eigenvalue weighted by Crippen LogP contribution is 2.30. The van der Waals surface area contributed by atoms with Gasteiger partial charge in [0.05, 0.1) is 36.7 Å². The quantitative estimate of drug-likeness (QED) is 0.333. The van der Waals surface area contributed by atoms with Crippen molar-refractivity contribution in [3.63, 3.8) is 0 Å². The minimum atomic E-state index is -4.06. The van der Waals surface area contributed by atoms with Crippen molar-refractivity contribution in [2.24, 2.45) is 13.0 Å². The molecule has 1 aliphatic rings. The van der Waals surface area contributed by atoms with E-state index in [0.29, 0.717) is 19.4 Å². The predicted octanol–water partition coefficient (Wildman–Crippen LogP) is 2.94. The van der Waals surface area contributed by atoms with Crippen LogP contribution in [0.1, 0.15) is 61.8 Å². The Labute approximate surface area is 282 Å². The summed E-state index contributed by atoms with van der Waals surface area (Å²) in [5.74, 6) is -0.449. The zero-order valence-electron chi connectivity index (χ0n) is 28.4. The number of benzene rings is 1. The SMILES string of the molecule is Cc1noc(C)c1S(=O)(=O)N(C)C[C@H]1OCCCC[C@@H](C)Oc2ccc(NS(=O)(=O)c3cn(C)cn3)cc2C(=O)N([C@H](C)CO)C[C@@H]1C. The van der Waals surface area contributed by atoms with Crippen LogP contribution in [0.15, 0.2) is 45.2 Å². The van der Waals surface area contributed by atoms with E-state index in [0.717, 1.165) is 6.42 Å². The Morgan fingerprint density at radius 2 is 1.90 bits per heavy atom. The highest BCUT2D eigenvalue weighted by Gasteiger charge is 2.34. The average Bonchev–Trinajstić information content (AvgIpc) is 3.63. The number of ether oxygens (including phenoxy) is 2. The number of aliphatic hydroxyl groups excluding tert-OH is 1. The Morgan fingerprint density at radius 1 is 1.17 bits per heavy atom. The average molecular weight is 711 g/mol. The van der Waals surface area contributed by atoms with E-state index in [1.54, 1.807) is 33.9 Å². The van der Waals surface area contributed by atoms with E-state index in [9.17, 15) is 26.7 Å². The first-order chi connectivity index (χ1) is 22.5. The van der Waals surface area contributed by atoms with Crippen LogP contribution < -0.4 is 9.46 Å². The van der Waals surface area contributed by atoms with Crippen LogP contribution in [0.4, 0.5) is 5.69 Å². The number of nitrogens with one attached hydrogen (secondary N) is 1. The number of imidazole rings is 1. The first-order valence-corrected chi connectivity index (χ1v) is 18.7. The second-order valence-electron chi connectivity index (χ2n) is 12.4. The third-order valence-corrected chi connectivity index (χ3v) is 11.7. The molecule has 2 aromatic heterocycles. The number of anilines is 1.